The van der Waals surface area contributed by atoms with E-state index >= 15 is 0 Å². The number of nitrogens with zero attached hydrogens (tertiary/aromatic N) is 5. The predicted molar refractivity (Wildman–Crippen MR) is 103 cm³/mol. The quantitative estimate of drug-likeness (QED) is 0.327. The van der Waals surface area contributed by atoms with Gasteiger partial charge in [-0.3, -0.25) is 14.9 Å². The van der Waals surface area contributed by atoms with Gasteiger partial charge in [0.1, 0.15) is 5.75 Å². The highest BCUT2D eigenvalue weighted by atomic mass is 32.2. The third-order valence-corrected chi connectivity index (χ3v) is 4.78. The fraction of sp³-hybridized carbons (Fsp3) is 0.176. The number of aromatic nitrogens is 4. The molecule has 0 atom stereocenters. The molecule has 0 radical (unpaired) electrons. The number of hydrogen-bond donors (Lipinski definition) is 1. The van der Waals surface area contributed by atoms with Crippen LogP contribution < -0.4 is 10.1 Å². The standard InChI is InChI=1S/C17H13F3N6O4S/c1-10-13(3-2-4-14(10)26(28)29)21-15(27)9-31-16-22-23-24-25(16)11-5-7-12(8-6-11)30-17(18,19)20/h2-8H,9H2,1H3,(H,21,27). The van der Waals surface area contributed by atoms with Gasteiger partial charge in [-0.2, -0.15) is 4.68 Å². The number of nitro groups is 1. The normalized spacial score (nSPS) is 11.2. The summed E-state index contributed by atoms with van der Waals surface area (Å²) in [7, 11) is 0. The van der Waals surface area contributed by atoms with Crippen LogP contribution in [0.2, 0.25) is 0 Å². The summed E-state index contributed by atoms with van der Waals surface area (Å²) in [6.07, 6.45) is -4.80. The van der Waals surface area contributed by atoms with E-state index in [9.17, 15) is 28.1 Å². The summed E-state index contributed by atoms with van der Waals surface area (Å²) in [5, 5.41) is 24.9. The maximum absolute atomic E-state index is 12.3. The first-order valence-corrected chi connectivity index (χ1v) is 9.44. The number of carbonyl (C=O) groups is 1. The Balaban J connectivity index is 1.65. The number of hydrogen-bond acceptors (Lipinski definition) is 8. The van der Waals surface area contributed by atoms with Gasteiger partial charge in [0, 0.05) is 6.07 Å². The summed E-state index contributed by atoms with van der Waals surface area (Å²) in [4.78, 5) is 22.7. The first-order chi connectivity index (χ1) is 14.6. The number of benzene rings is 2. The Morgan fingerprint density at radius 2 is 1.97 bits per heavy atom. The Kier molecular flexibility index (Phi) is 6.39. The molecule has 1 heterocycles. The Hall–Kier alpha value is -3.68. The molecular formula is C17H13F3N6O4S. The number of anilines is 1. The van der Waals surface area contributed by atoms with Crippen LogP contribution in [-0.2, 0) is 4.79 Å². The largest absolute Gasteiger partial charge is 0.573 e. The smallest absolute Gasteiger partial charge is 0.406 e. The second-order valence-electron chi connectivity index (χ2n) is 5.96. The lowest BCUT2D eigenvalue weighted by atomic mass is 10.1. The van der Waals surface area contributed by atoms with E-state index in [-0.39, 0.29) is 16.6 Å². The lowest BCUT2D eigenvalue weighted by molar-refractivity contribution is -0.385. The molecule has 2 aromatic carbocycles. The van der Waals surface area contributed by atoms with Crippen LogP contribution in [-0.4, -0.2) is 43.2 Å². The van der Waals surface area contributed by atoms with Crippen molar-refractivity contribution in [2.24, 2.45) is 0 Å². The van der Waals surface area contributed by atoms with E-state index in [1.807, 2.05) is 0 Å². The van der Waals surface area contributed by atoms with E-state index in [4.69, 9.17) is 0 Å². The molecule has 31 heavy (non-hydrogen) atoms. The summed E-state index contributed by atoms with van der Waals surface area (Å²) >= 11 is 0.976. The fourth-order valence-corrected chi connectivity index (χ4v) is 3.18. The second kappa shape index (κ2) is 8.99. The predicted octanol–water partition coefficient (Wildman–Crippen LogP) is 3.51. The molecule has 1 amide bonds. The number of nitro benzene ring substituents is 1. The zero-order valence-electron chi connectivity index (χ0n) is 15.7. The van der Waals surface area contributed by atoms with Gasteiger partial charge in [0.15, 0.2) is 0 Å². The van der Waals surface area contributed by atoms with Gasteiger partial charge in [-0.15, -0.1) is 18.3 Å². The molecule has 10 nitrogen and oxygen atoms in total. The number of ether oxygens (including phenoxy) is 1. The fourth-order valence-electron chi connectivity index (χ4n) is 2.49. The number of nitrogens with one attached hydrogen (secondary N) is 1. The molecule has 14 heteroatoms. The van der Waals surface area contributed by atoms with Gasteiger partial charge in [0.05, 0.1) is 27.6 Å². The average Bonchev–Trinajstić information content (AvgIpc) is 3.16. The minimum Gasteiger partial charge on any atom is -0.406 e. The molecular weight excluding hydrogens is 441 g/mol. The molecule has 162 valence electrons. The lowest BCUT2D eigenvalue weighted by Gasteiger charge is -2.10. The van der Waals surface area contributed by atoms with Gasteiger partial charge < -0.3 is 10.1 Å². The van der Waals surface area contributed by atoms with E-state index in [1.165, 1.54) is 35.9 Å². The molecule has 3 aromatic rings. The van der Waals surface area contributed by atoms with Crippen LogP contribution in [0.25, 0.3) is 5.69 Å². The van der Waals surface area contributed by atoms with Crippen molar-refractivity contribution >= 4 is 29.0 Å². The summed E-state index contributed by atoms with van der Waals surface area (Å²) in [6.45, 7) is 1.52. The summed E-state index contributed by atoms with van der Waals surface area (Å²) in [6, 6.07) is 9.20. The maximum Gasteiger partial charge on any atom is 0.573 e. The Morgan fingerprint density at radius 3 is 2.61 bits per heavy atom. The lowest BCUT2D eigenvalue weighted by Crippen LogP contribution is -2.17. The Morgan fingerprint density at radius 1 is 1.26 bits per heavy atom. The van der Waals surface area contributed by atoms with Crippen molar-refractivity contribution in [3.05, 3.63) is 58.1 Å². The molecule has 0 saturated carbocycles. The molecule has 1 aromatic heterocycles. The van der Waals surface area contributed by atoms with Crippen molar-refractivity contribution in [3.8, 4) is 11.4 Å². The summed E-state index contributed by atoms with van der Waals surface area (Å²) < 4.78 is 41.8. The molecule has 0 fully saturated rings. The van der Waals surface area contributed by atoms with Gasteiger partial charge in [0.2, 0.25) is 11.1 Å². The van der Waals surface area contributed by atoms with Crippen LogP contribution in [0, 0.1) is 17.0 Å². The van der Waals surface area contributed by atoms with Crippen LogP contribution in [0.4, 0.5) is 24.5 Å². The van der Waals surface area contributed by atoms with Crippen LogP contribution in [0.1, 0.15) is 5.56 Å². The Bertz CT molecular complexity index is 1100. The van der Waals surface area contributed by atoms with Crippen LogP contribution in [0.5, 0.6) is 5.75 Å². The number of carbonyl (C=O) groups excluding carboxylic acids is 1. The van der Waals surface area contributed by atoms with E-state index < -0.39 is 22.9 Å². The van der Waals surface area contributed by atoms with Gasteiger partial charge in [-0.25, -0.2) is 0 Å². The highest BCUT2D eigenvalue weighted by Crippen LogP contribution is 2.27. The molecule has 0 aliphatic rings. The molecule has 3 rings (SSSR count). The topological polar surface area (TPSA) is 125 Å². The molecule has 0 unspecified atom stereocenters. The highest BCUT2D eigenvalue weighted by molar-refractivity contribution is 7.99. The van der Waals surface area contributed by atoms with Crippen LogP contribution in [0.15, 0.2) is 47.6 Å². The number of tetrazole rings is 1. The van der Waals surface area contributed by atoms with Crippen molar-refractivity contribution in [3.63, 3.8) is 0 Å². The number of amides is 1. The average molecular weight is 454 g/mol. The molecule has 0 spiro atoms. The molecule has 1 N–H and O–H groups in total. The number of alkyl halides is 3. The molecule has 0 aliphatic heterocycles. The second-order valence-corrected chi connectivity index (χ2v) is 6.90. The first-order valence-electron chi connectivity index (χ1n) is 8.45. The minimum absolute atomic E-state index is 0.113. The van der Waals surface area contributed by atoms with Gasteiger partial charge in [-0.05, 0) is 47.7 Å². The van der Waals surface area contributed by atoms with Crippen molar-refractivity contribution in [1.82, 2.24) is 20.2 Å². The first kappa shape index (κ1) is 22.0. The molecule has 0 aliphatic carbocycles. The number of thioether (sulfide) groups is 1. The highest BCUT2D eigenvalue weighted by Gasteiger charge is 2.31. The maximum atomic E-state index is 12.3. The van der Waals surface area contributed by atoms with Crippen molar-refractivity contribution in [2.45, 2.75) is 18.4 Å². The summed E-state index contributed by atoms with van der Waals surface area (Å²) in [5.74, 6) is -0.958. The summed E-state index contributed by atoms with van der Waals surface area (Å²) in [5.41, 5.74) is 0.862. The van der Waals surface area contributed by atoms with Crippen LogP contribution >= 0.6 is 11.8 Å². The number of rotatable bonds is 7. The zero-order valence-corrected chi connectivity index (χ0v) is 16.5. The van der Waals surface area contributed by atoms with E-state index in [2.05, 4.69) is 25.6 Å². The van der Waals surface area contributed by atoms with Crippen molar-refractivity contribution in [2.75, 3.05) is 11.1 Å². The number of halogens is 3. The zero-order chi connectivity index (χ0) is 22.6. The van der Waals surface area contributed by atoms with Crippen LogP contribution in [0.3, 0.4) is 0 Å². The van der Waals surface area contributed by atoms with Gasteiger partial charge >= 0.3 is 6.36 Å². The van der Waals surface area contributed by atoms with Gasteiger partial charge in [0.25, 0.3) is 5.69 Å². The van der Waals surface area contributed by atoms with E-state index in [1.54, 1.807) is 6.07 Å². The van der Waals surface area contributed by atoms with E-state index in [0.717, 1.165) is 23.9 Å². The SMILES string of the molecule is Cc1c(NC(=O)CSc2nnnn2-c2ccc(OC(F)(F)F)cc2)cccc1[N+](=O)[O-]. The molecule has 0 saturated heterocycles. The van der Waals surface area contributed by atoms with E-state index in [0.29, 0.717) is 16.9 Å². The third-order valence-electron chi connectivity index (χ3n) is 3.86. The van der Waals surface area contributed by atoms with Crippen molar-refractivity contribution in [1.29, 1.82) is 0 Å². The minimum atomic E-state index is -4.80. The van der Waals surface area contributed by atoms with Gasteiger partial charge in [-0.1, -0.05) is 17.8 Å². The molecule has 0 bridgehead atoms. The van der Waals surface area contributed by atoms with Crippen molar-refractivity contribution < 1.29 is 27.6 Å². The Labute approximate surface area is 176 Å². The monoisotopic (exact) mass is 454 g/mol. The third kappa shape index (κ3) is 5.69.